The van der Waals surface area contributed by atoms with Crippen LogP contribution in [0.15, 0.2) is 30.5 Å². The zero-order valence-electron chi connectivity index (χ0n) is 20.4. The molecule has 2 aliphatic rings. The molecule has 0 aliphatic carbocycles. The summed E-state index contributed by atoms with van der Waals surface area (Å²) < 4.78 is 49.8. The van der Waals surface area contributed by atoms with E-state index in [0.717, 1.165) is 79.6 Å². The van der Waals surface area contributed by atoms with Crippen LogP contribution in [-0.2, 0) is 15.7 Å². The van der Waals surface area contributed by atoms with Crippen molar-refractivity contribution in [2.75, 3.05) is 26.3 Å². The van der Waals surface area contributed by atoms with E-state index in [-0.39, 0.29) is 22.6 Å². The number of carbonyl (C=O) groups is 1. The topological polar surface area (TPSA) is 80.3 Å². The summed E-state index contributed by atoms with van der Waals surface area (Å²) in [4.78, 5) is 27.5. The molecule has 198 valence electrons. The van der Waals surface area contributed by atoms with Gasteiger partial charge in [0.25, 0.3) is 5.91 Å². The van der Waals surface area contributed by atoms with E-state index < -0.39 is 17.8 Å². The summed E-state index contributed by atoms with van der Waals surface area (Å²) in [6.07, 6.45) is -0.189. The van der Waals surface area contributed by atoms with E-state index in [0.29, 0.717) is 19.0 Å². The number of alkyl halides is 3. The molecule has 3 aromatic rings. The molecule has 1 atom stereocenters. The van der Waals surface area contributed by atoms with Gasteiger partial charge in [0.05, 0.1) is 10.6 Å². The third-order valence-corrected chi connectivity index (χ3v) is 7.49. The Morgan fingerprint density at radius 3 is 2.57 bits per heavy atom. The van der Waals surface area contributed by atoms with Gasteiger partial charge in [0.2, 0.25) is 0 Å². The summed E-state index contributed by atoms with van der Waals surface area (Å²) in [5.74, 6) is 1.36. The van der Waals surface area contributed by atoms with Crippen LogP contribution in [-0.4, -0.2) is 58.2 Å². The quantitative estimate of drug-likeness (QED) is 0.452. The first-order valence-corrected chi connectivity index (χ1v) is 12.8. The standard InChI is InChI=1S/C26H28ClF3N4O3/c1-15(37-21-3-2-18(14-20(21)27)26(28,29)30)25(35)34-10-5-16(6-11-34)19-4-9-31-24-22(19)32-23(33-24)17-7-12-36-13-8-17/h2-4,9,14-17H,5-8,10-13H2,1H3,(H,31,32,33). The Hall–Kier alpha value is -2.85. The van der Waals surface area contributed by atoms with Crippen LogP contribution in [0.2, 0.25) is 5.02 Å². The number of rotatable bonds is 5. The maximum Gasteiger partial charge on any atom is 0.416 e. The van der Waals surface area contributed by atoms with Gasteiger partial charge < -0.3 is 19.4 Å². The molecule has 37 heavy (non-hydrogen) atoms. The fourth-order valence-corrected chi connectivity index (χ4v) is 5.35. The van der Waals surface area contributed by atoms with Crippen molar-refractivity contribution in [2.45, 2.75) is 56.7 Å². The van der Waals surface area contributed by atoms with Gasteiger partial charge in [0.1, 0.15) is 17.1 Å². The summed E-state index contributed by atoms with van der Waals surface area (Å²) in [6, 6.07) is 4.85. The number of H-pyrrole nitrogens is 1. The lowest BCUT2D eigenvalue weighted by Crippen LogP contribution is -2.44. The zero-order chi connectivity index (χ0) is 26.2. The predicted molar refractivity (Wildman–Crippen MR) is 132 cm³/mol. The largest absolute Gasteiger partial charge is 0.479 e. The summed E-state index contributed by atoms with van der Waals surface area (Å²) in [5, 5.41) is -0.186. The van der Waals surface area contributed by atoms with E-state index in [1.165, 1.54) is 0 Å². The van der Waals surface area contributed by atoms with Crippen LogP contribution in [0.25, 0.3) is 11.2 Å². The lowest BCUT2D eigenvalue weighted by atomic mass is 9.89. The van der Waals surface area contributed by atoms with E-state index in [1.807, 2.05) is 6.07 Å². The van der Waals surface area contributed by atoms with Crippen LogP contribution in [0, 0.1) is 0 Å². The van der Waals surface area contributed by atoms with Gasteiger partial charge in [-0.25, -0.2) is 9.97 Å². The van der Waals surface area contributed by atoms with Crippen molar-refractivity contribution in [3.63, 3.8) is 0 Å². The summed E-state index contributed by atoms with van der Waals surface area (Å²) in [7, 11) is 0. The van der Waals surface area contributed by atoms with Gasteiger partial charge in [-0.05, 0) is 68.4 Å². The van der Waals surface area contributed by atoms with E-state index in [1.54, 1.807) is 18.0 Å². The molecule has 0 saturated carbocycles. The Morgan fingerprint density at radius 1 is 1.16 bits per heavy atom. The van der Waals surface area contributed by atoms with Crippen LogP contribution >= 0.6 is 11.6 Å². The monoisotopic (exact) mass is 536 g/mol. The van der Waals surface area contributed by atoms with Gasteiger partial charge in [-0.15, -0.1) is 0 Å². The number of hydrogen-bond donors (Lipinski definition) is 1. The lowest BCUT2D eigenvalue weighted by molar-refractivity contribution is -0.139. The second-order valence-corrected chi connectivity index (χ2v) is 10.0. The number of halogens is 4. The number of aromatic amines is 1. The Balaban J connectivity index is 1.22. The lowest BCUT2D eigenvalue weighted by Gasteiger charge is -2.33. The number of amides is 1. The van der Waals surface area contributed by atoms with Crippen molar-refractivity contribution in [1.29, 1.82) is 0 Å². The number of likely N-dealkylation sites (tertiary alicyclic amines) is 1. The highest BCUT2D eigenvalue weighted by Gasteiger charge is 2.32. The molecule has 0 spiro atoms. The second-order valence-electron chi connectivity index (χ2n) is 9.61. The summed E-state index contributed by atoms with van der Waals surface area (Å²) >= 11 is 5.99. The van der Waals surface area contributed by atoms with E-state index >= 15 is 0 Å². The Morgan fingerprint density at radius 2 is 1.89 bits per heavy atom. The molecule has 7 nitrogen and oxygen atoms in total. The predicted octanol–water partition coefficient (Wildman–Crippen LogP) is 5.70. The average molecular weight is 537 g/mol. The van der Waals surface area contributed by atoms with Crippen LogP contribution in [0.1, 0.15) is 61.4 Å². The first-order chi connectivity index (χ1) is 17.7. The number of nitrogens with one attached hydrogen (secondary N) is 1. The molecule has 2 aromatic heterocycles. The minimum atomic E-state index is -4.50. The van der Waals surface area contributed by atoms with Crippen molar-refractivity contribution in [1.82, 2.24) is 19.9 Å². The van der Waals surface area contributed by atoms with Gasteiger partial charge in [-0.1, -0.05) is 11.6 Å². The molecule has 11 heteroatoms. The Labute approximate surface area is 217 Å². The number of aromatic nitrogens is 3. The van der Waals surface area contributed by atoms with Crippen molar-refractivity contribution < 1.29 is 27.4 Å². The number of carbonyl (C=O) groups excluding carboxylic acids is 1. The Bertz CT molecular complexity index is 1270. The number of piperidine rings is 1. The molecule has 1 N–H and O–H groups in total. The third kappa shape index (κ3) is 5.55. The number of fused-ring (bicyclic) bond motifs is 1. The van der Waals surface area contributed by atoms with Gasteiger partial charge in [0.15, 0.2) is 11.8 Å². The molecule has 4 heterocycles. The third-order valence-electron chi connectivity index (χ3n) is 7.20. The number of benzene rings is 1. The van der Waals surface area contributed by atoms with Crippen LogP contribution in [0.5, 0.6) is 5.75 Å². The minimum Gasteiger partial charge on any atom is -0.479 e. The molecular formula is C26H28ClF3N4O3. The molecule has 0 radical (unpaired) electrons. The highest BCUT2D eigenvalue weighted by Crippen LogP contribution is 2.36. The SMILES string of the molecule is CC(Oc1ccc(C(F)(F)F)cc1Cl)C(=O)N1CCC(c2ccnc3[nH]c(C4CCOCC4)nc23)CC1. The van der Waals surface area contributed by atoms with Gasteiger partial charge >= 0.3 is 6.18 Å². The van der Waals surface area contributed by atoms with Gasteiger partial charge in [-0.3, -0.25) is 4.79 Å². The highest BCUT2D eigenvalue weighted by molar-refractivity contribution is 6.32. The first-order valence-electron chi connectivity index (χ1n) is 12.4. The molecular weight excluding hydrogens is 509 g/mol. The first kappa shape index (κ1) is 25.8. The normalized spacial score (nSPS) is 18.8. The van der Waals surface area contributed by atoms with E-state index in [9.17, 15) is 18.0 Å². The number of ether oxygens (including phenoxy) is 2. The molecule has 2 fully saturated rings. The molecule has 5 rings (SSSR count). The highest BCUT2D eigenvalue weighted by atomic mass is 35.5. The molecule has 1 unspecified atom stereocenters. The molecule has 2 saturated heterocycles. The second kappa shape index (κ2) is 10.5. The molecule has 0 bridgehead atoms. The molecule has 1 amide bonds. The van der Waals surface area contributed by atoms with Crippen LogP contribution < -0.4 is 4.74 Å². The maximum absolute atomic E-state index is 13.0. The summed E-state index contributed by atoms with van der Waals surface area (Å²) in [5.41, 5.74) is 1.94. The van der Waals surface area contributed by atoms with E-state index in [2.05, 4.69) is 9.97 Å². The number of imidazole rings is 1. The van der Waals surface area contributed by atoms with E-state index in [4.69, 9.17) is 26.1 Å². The zero-order valence-corrected chi connectivity index (χ0v) is 21.1. The van der Waals surface area contributed by atoms with Crippen LogP contribution in [0.4, 0.5) is 13.2 Å². The van der Waals surface area contributed by atoms with Crippen molar-refractivity contribution >= 4 is 28.7 Å². The Kier molecular flexibility index (Phi) is 7.31. The van der Waals surface area contributed by atoms with Crippen molar-refractivity contribution in [3.8, 4) is 5.75 Å². The van der Waals surface area contributed by atoms with Gasteiger partial charge in [-0.2, -0.15) is 13.2 Å². The van der Waals surface area contributed by atoms with Crippen LogP contribution in [0.3, 0.4) is 0 Å². The number of hydrogen-bond acceptors (Lipinski definition) is 5. The molecule has 1 aromatic carbocycles. The number of nitrogens with zero attached hydrogens (tertiary/aromatic N) is 3. The maximum atomic E-state index is 13.0. The van der Waals surface area contributed by atoms with Gasteiger partial charge in [0, 0.05) is 38.4 Å². The van der Waals surface area contributed by atoms with Crippen molar-refractivity contribution in [2.24, 2.45) is 0 Å². The fourth-order valence-electron chi connectivity index (χ4n) is 5.12. The van der Waals surface area contributed by atoms with Crippen molar-refractivity contribution in [3.05, 3.63) is 52.4 Å². The smallest absolute Gasteiger partial charge is 0.416 e. The average Bonchev–Trinajstić information content (AvgIpc) is 3.34. The fraction of sp³-hybridized carbons (Fsp3) is 0.500. The minimum absolute atomic E-state index is 0.0449. The molecule has 2 aliphatic heterocycles. The number of pyridine rings is 1. The summed E-state index contributed by atoms with van der Waals surface area (Å²) in [6.45, 7) is 4.14.